The Bertz CT molecular complexity index is 643. The molecule has 1 heterocycles. The zero-order valence-electron chi connectivity index (χ0n) is 10.8. The van der Waals surface area contributed by atoms with Crippen molar-refractivity contribution in [3.8, 4) is 5.75 Å². The van der Waals surface area contributed by atoms with Gasteiger partial charge in [0.1, 0.15) is 5.75 Å². The summed E-state index contributed by atoms with van der Waals surface area (Å²) in [6, 6.07) is 10.4. The van der Waals surface area contributed by atoms with Gasteiger partial charge in [-0.15, -0.1) is 0 Å². The fraction of sp³-hybridized carbons (Fsp3) is 0. The van der Waals surface area contributed by atoms with Crippen LogP contribution in [0.15, 0.2) is 66.6 Å². The first kappa shape index (κ1) is 13.5. The van der Waals surface area contributed by atoms with E-state index in [1.807, 2.05) is 12.1 Å². The predicted octanol–water partition coefficient (Wildman–Crippen LogP) is 2.71. The molecule has 4 nitrogen and oxygen atoms in total. The summed E-state index contributed by atoms with van der Waals surface area (Å²) in [6.07, 6.45) is 8.40. The van der Waals surface area contributed by atoms with Gasteiger partial charge in [-0.1, -0.05) is 18.2 Å². The molecule has 0 saturated heterocycles. The van der Waals surface area contributed by atoms with Crippen molar-refractivity contribution in [3.05, 3.63) is 77.8 Å². The first-order valence-electron chi connectivity index (χ1n) is 6.08. The van der Waals surface area contributed by atoms with Gasteiger partial charge in [0.15, 0.2) is 0 Å². The number of benzene rings is 1. The van der Waals surface area contributed by atoms with E-state index in [0.717, 1.165) is 5.56 Å². The zero-order valence-corrected chi connectivity index (χ0v) is 10.8. The van der Waals surface area contributed by atoms with Gasteiger partial charge in [-0.25, -0.2) is 0 Å². The highest BCUT2D eigenvalue weighted by Gasteiger charge is 1.97. The summed E-state index contributed by atoms with van der Waals surface area (Å²) < 4.78 is 0. The molecule has 2 aromatic rings. The SMILES string of the molecule is N=C(/C=C(N)/C=C/c1ccc(O)cc1)c1cccnc1. The number of rotatable bonds is 4. The summed E-state index contributed by atoms with van der Waals surface area (Å²) >= 11 is 0. The van der Waals surface area contributed by atoms with E-state index in [-0.39, 0.29) is 5.75 Å². The molecule has 100 valence electrons. The minimum atomic E-state index is 0.226. The molecule has 0 fully saturated rings. The third-order valence-corrected chi connectivity index (χ3v) is 2.64. The second-order valence-electron chi connectivity index (χ2n) is 4.22. The van der Waals surface area contributed by atoms with E-state index in [9.17, 15) is 5.11 Å². The minimum Gasteiger partial charge on any atom is -0.508 e. The first-order valence-corrected chi connectivity index (χ1v) is 6.08. The van der Waals surface area contributed by atoms with Gasteiger partial charge < -0.3 is 16.2 Å². The van der Waals surface area contributed by atoms with Gasteiger partial charge in [0.2, 0.25) is 0 Å². The van der Waals surface area contributed by atoms with E-state index >= 15 is 0 Å². The third kappa shape index (κ3) is 3.81. The Hall–Kier alpha value is -2.88. The van der Waals surface area contributed by atoms with Gasteiger partial charge in [0.25, 0.3) is 0 Å². The van der Waals surface area contributed by atoms with Gasteiger partial charge in [-0.05, 0) is 42.0 Å². The van der Waals surface area contributed by atoms with E-state index in [4.69, 9.17) is 11.1 Å². The average Bonchev–Trinajstić information content (AvgIpc) is 2.47. The number of nitrogens with two attached hydrogens (primary N) is 1. The summed E-state index contributed by atoms with van der Waals surface area (Å²) in [4.78, 5) is 3.96. The molecule has 0 spiro atoms. The molecule has 4 heteroatoms. The fourth-order valence-electron chi connectivity index (χ4n) is 1.60. The summed E-state index contributed by atoms with van der Waals surface area (Å²) in [6.45, 7) is 0. The molecule has 1 aromatic carbocycles. The number of aromatic hydroxyl groups is 1. The largest absolute Gasteiger partial charge is 0.508 e. The smallest absolute Gasteiger partial charge is 0.115 e. The van der Waals surface area contributed by atoms with Crippen molar-refractivity contribution in [1.82, 2.24) is 4.98 Å². The number of allylic oxidation sites excluding steroid dienone is 2. The maximum atomic E-state index is 9.18. The topological polar surface area (TPSA) is 83.0 Å². The number of hydrogen-bond donors (Lipinski definition) is 3. The molecule has 4 N–H and O–H groups in total. The van der Waals surface area contributed by atoms with Gasteiger partial charge >= 0.3 is 0 Å². The summed E-state index contributed by atoms with van der Waals surface area (Å²) in [5.41, 5.74) is 8.28. The van der Waals surface area contributed by atoms with Crippen molar-refractivity contribution >= 4 is 11.8 Å². The normalized spacial score (nSPS) is 11.7. The van der Waals surface area contributed by atoms with Crippen LogP contribution in [0.3, 0.4) is 0 Å². The Kier molecular flexibility index (Phi) is 4.29. The Morgan fingerprint density at radius 2 is 1.95 bits per heavy atom. The molecule has 0 amide bonds. The molecule has 0 aliphatic heterocycles. The third-order valence-electron chi connectivity index (χ3n) is 2.64. The zero-order chi connectivity index (χ0) is 14.4. The Labute approximate surface area is 117 Å². The molecular formula is C16H15N3O. The molecule has 1 aromatic heterocycles. The van der Waals surface area contributed by atoms with Crippen molar-refractivity contribution < 1.29 is 5.11 Å². The number of nitrogens with one attached hydrogen (secondary N) is 1. The number of nitrogens with zero attached hydrogens (tertiary/aromatic N) is 1. The monoisotopic (exact) mass is 265 g/mol. The standard InChI is InChI=1S/C16H15N3O/c17-14(6-3-12-4-7-15(20)8-5-12)10-16(18)13-2-1-9-19-11-13/h1-11,18,20H,17H2/b6-3+,14-10-,18-16?. The number of phenols is 1. The van der Waals surface area contributed by atoms with Crippen molar-refractivity contribution in [2.24, 2.45) is 5.73 Å². The van der Waals surface area contributed by atoms with E-state index in [2.05, 4.69) is 4.98 Å². The van der Waals surface area contributed by atoms with Crippen LogP contribution in [0.2, 0.25) is 0 Å². The molecule has 0 atom stereocenters. The Balaban J connectivity index is 2.07. The van der Waals surface area contributed by atoms with Gasteiger partial charge in [0.05, 0.1) is 5.71 Å². The van der Waals surface area contributed by atoms with Crippen molar-refractivity contribution in [2.45, 2.75) is 0 Å². The average molecular weight is 265 g/mol. The number of pyridine rings is 1. The second kappa shape index (κ2) is 6.33. The van der Waals surface area contributed by atoms with Gasteiger partial charge in [-0.3, -0.25) is 4.98 Å². The van der Waals surface area contributed by atoms with Crippen LogP contribution in [0.1, 0.15) is 11.1 Å². The van der Waals surface area contributed by atoms with E-state index in [1.165, 1.54) is 0 Å². The molecule has 0 saturated carbocycles. The van der Waals surface area contributed by atoms with Crippen LogP contribution >= 0.6 is 0 Å². The highest BCUT2D eigenvalue weighted by atomic mass is 16.3. The van der Waals surface area contributed by atoms with Crippen LogP contribution in [-0.4, -0.2) is 15.8 Å². The van der Waals surface area contributed by atoms with Crippen molar-refractivity contribution in [2.75, 3.05) is 0 Å². The Morgan fingerprint density at radius 1 is 1.20 bits per heavy atom. The number of aromatic nitrogens is 1. The molecule has 0 unspecified atom stereocenters. The lowest BCUT2D eigenvalue weighted by molar-refractivity contribution is 0.475. The number of phenolic OH excluding ortho intramolecular Hbond substituents is 1. The maximum absolute atomic E-state index is 9.18. The summed E-state index contributed by atoms with van der Waals surface area (Å²) in [5.74, 6) is 0.226. The fourth-order valence-corrected chi connectivity index (χ4v) is 1.60. The molecule has 0 radical (unpaired) electrons. The van der Waals surface area contributed by atoms with Crippen LogP contribution in [0.4, 0.5) is 0 Å². The van der Waals surface area contributed by atoms with Crippen LogP contribution in [-0.2, 0) is 0 Å². The van der Waals surface area contributed by atoms with Crippen molar-refractivity contribution in [1.29, 1.82) is 5.41 Å². The molecule has 0 aliphatic carbocycles. The molecule has 0 bridgehead atoms. The summed E-state index contributed by atoms with van der Waals surface area (Å²) in [7, 11) is 0. The van der Waals surface area contributed by atoms with Crippen LogP contribution in [0, 0.1) is 5.41 Å². The lowest BCUT2D eigenvalue weighted by Gasteiger charge is -1.99. The molecular weight excluding hydrogens is 250 g/mol. The van der Waals surface area contributed by atoms with E-state index in [1.54, 1.807) is 54.9 Å². The molecule has 20 heavy (non-hydrogen) atoms. The molecule has 0 aliphatic rings. The van der Waals surface area contributed by atoms with Gasteiger partial charge in [-0.2, -0.15) is 0 Å². The van der Waals surface area contributed by atoms with E-state index < -0.39 is 0 Å². The summed E-state index contributed by atoms with van der Waals surface area (Å²) in [5, 5.41) is 17.1. The lowest BCUT2D eigenvalue weighted by Crippen LogP contribution is -2.01. The van der Waals surface area contributed by atoms with Crippen LogP contribution < -0.4 is 5.73 Å². The molecule has 2 rings (SSSR count). The van der Waals surface area contributed by atoms with Crippen LogP contribution in [0.25, 0.3) is 6.08 Å². The van der Waals surface area contributed by atoms with Crippen molar-refractivity contribution in [3.63, 3.8) is 0 Å². The second-order valence-corrected chi connectivity index (χ2v) is 4.22. The van der Waals surface area contributed by atoms with Crippen LogP contribution in [0.5, 0.6) is 5.75 Å². The van der Waals surface area contributed by atoms with E-state index in [0.29, 0.717) is 17.0 Å². The first-order chi connectivity index (χ1) is 9.65. The lowest BCUT2D eigenvalue weighted by atomic mass is 10.1. The highest BCUT2D eigenvalue weighted by Crippen LogP contribution is 2.11. The van der Waals surface area contributed by atoms with Gasteiger partial charge in [0, 0.05) is 23.7 Å². The maximum Gasteiger partial charge on any atom is 0.115 e. The minimum absolute atomic E-state index is 0.226. The predicted molar refractivity (Wildman–Crippen MR) is 80.5 cm³/mol. The number of hydrogen-bond acceptors (Lipinski definition) is 4. The Morgan fingerprint density at radius 3 is 2.60 bits per heavy atom. The quantitative estimate of drug-likeness (QED) is 0.587. The highest BCUT2D eigenvalue weighted by molar-refractivity contribution is 6.06.